The molecule has 26 heavy (non-hydrogen) atoms. The van der Waals surface area contributed by atoms with Crippen LogP contribution in [0.3, 0.4) is 0 Å². The molecule has 0 saturated carbocycles. The van der Waals surface area contributed by atoms with Gasteiger partial charge in [0.1, 0.15) is 6.10 Å². The van der Waals surface area contributed by atoms with Gasteiger partial charge in [0.2, 0.25) is 0 Å². The van der Waals surface area contributed by atoms with Crippen molar-refractivity contribution in [3.8, 4) is 11.8 Å². The van der Waals surface area contributed by atoms with Crippen LogP contribution >= 0.6 is 0 Å². The summed E-state index contributed by atoms with van der Waals surface area (Å²) in [7, 11) is 0. The quantitative estimate of drug-likeness (QED) is 0.702. The van der Waals surface area contributed by atoms with Gasteiger partial charge in [-0.2, -0.15) is 0 Å². The van der Waals surface area contributed by atoms with Gasteiger partial charge < -0.3 is 5.11 Å². The van der Waals surface area contributed by atoms with Crippen LogP contribution in [0.1, 0.15) is 45.2 Å². The predicted molar refractivity (Wildman–Crippen MR) is 106 cm³/mol. The molecule has 0 radical (unpaired) electrons. The van der Waals surface area contributed by atoms with Crippen molar-refractivity contribution in [1.29, 1.82) is 0 Å². The summed E-state index contributed by atoms with van der Waals surface area (Å²) in [6, 6.07) is 18.3. The number of aryl methyl sites for hydroxylation is 3. The number of nitrogens with zero attached hydrogens (tertiary/aromatic N) is 1. The van der Waals surface area contributed by atoms with Gasteiger partial charge in [-0.1, -0.05) is 59.9 Å². The van der Waals surface area contributed by atoms with Gasteiger partial charge in [-0.25, -0.2) is 0 Å². The molecule has 1 unspecified atom stereocenters. The fourth-order valence-corrected chi connectivity index (χ4v) is 2.84. The SMILES string of the molecule is Cc1ccc(Cc2ncccc2C(O)C#Cc2cc(C)ccc2C)cc1. The van der Waals surface area contributed by atoms with Crippen molar-refractivity contribution in [2.75, 3.05) is 0 Å². The molecule has 0 aliphatic heterocycles. The summed E-state index contributed by atoms with van der Waals surface area (Å²) in [4.78, 5) is 4.48. The largest absolute Gasteiger partial charge is 0.376 e. The Labute approximate surface area is 155 Å². The van der Waals surface area contributed by atoms with E-state index >= 15 is 0 Å². The van der Waals surface area contributed by atoms with Crippen molar-refractivity contribution in [3.05, 3.63) is 99.9 Å². The van der Waals surface area contributed by atoms with E-state index in [0.29, 0.717) is 6.42 Å². The van der Waals surface area contributed by atoms with Crippen LogP contribution in [0.4, 0.5) is 0 Å². The first-order valence-electron chi connectivity index (χ1n) is 8.79. The smallest absolute Gasteiger partial charge is 0.142 e. The van der Waals surface area contributed by atoms with Crippen molar-refractivity contribution in [1.82, 2.24) is 4.98 Å². The fraction of sp³-hybridized carbons (Fsp3) is 0.208. The van der Waals surface area contributed by atoms with E-state index in [-0.39, 0.29) is 0 Å². The van der Waals surface area contributed by atoms with Crippen molar-refractivity contribution in [2.24, 2.45) is 0 Å². The van der Waals surface area contributed by atoms with Crippen LogP contribution in [0, 0.1) is 32.6 Å². The number of rotatable bonds is 3. The molecule has 0 amide bonds. The lowest BCUT2D eigenvalue weighted by atomic mass is 10.0. The topological polar surface area (TPSA) is 33.1 Å². The first kappa shape index (κ1) is 17.9. The van der Waals surface area contributed by atoms with E-state index in [9.17, 15) is 5.11 Å². The van der Waals surface area contributed by atoms with E-state index in [1.165, 1.54) is 11.1 Å². The molecule has 3 rings (SSSR count). The molecule has 0 fully saturated rings. The number of benzene rings is 2. The van der Waals surface area contributed by atoms with E-state index in [1.807, 2.05) is 32.0 Å². The molecule has 0 aliphatic rings. The van der Waals surface area contributed by atoms with Gasteiger partial charge in [-0.05, 0) is 49.6 Å². The second-order valence-electron chi connectivity index (χ2n) is 6.69. The molecule has 0 aliphatic carbocycles. The molecule has 0 saturated heterocycles. The summed E-state index contributed by atoms with van der Waals surface area (Å²) < 4.78 is 0. The fourth-order valence-electron chi connectivity index (χ4n) is 2.84. The molecule has 0 bridgehead atoms. The number of aliphatic hydroxyl groups excluding tert-OH is 1. The van der Waals surface area contributed by atoms with E-state index in [0.717, 1.165) is 27.9 Å². The Balaban J connectivity index is 1.86. The molecular weight excluding hydrogens is 318 g/mol. The van der Waals surface area contributed by atoms with Crippen LogP contribution in [-0.2, 0) is 6.42 Å². The maximum Gasteiger partial charge on any atom is 0.142 e. The molecule has 1 heterocycles. The summed E-state index contributed by atoms with van der Waals surface area (Å²) in [5, 5.41) is 10.6. The number of hydrogen-bond acceptors (Lipinski definition) is 2. The van der Waals surface area contributed by atoms with Crippen LogP contribution in [0.15, 0.2) is 60.8 Å². The second kappa shape index (κ2) is 7.99. The molecule has 2 nitrogen and oxygen atoms in total. The van der Waals surface area contributed by atoms with E-state index in [1.54, 1.807) is 6.20 Å². The van der Waals surface area contributed by atoms with Crippen LogP contribution in [0.25, 0.3) is 0 Å². The van der Waals surface area contributed by atoms with Crippen molar-refractivity contribution in [2.45, 2.75) is 33.3 Å². The van der Waals surface area contributed by atoms with Gasteiger partial charge in [0.25, 0.3) is 0 Å². The highest BCUT2D eigenvalue weighted by Gasteiger charge is 2.11. The van der Waals surface area contributed by atoms with Crippen molar-refractivity contribution >= 4 is 0 Å². The van der Waals surface area contributed by atoms with Gasteiger partial charge >= 0.3 is 0 Å². The van der Waals surface area contributed by atoms with Crippen LogP contribution < -0.4 is 0 Å². The van der Waals surface area contributed by atoms with Crippen LogP contribution in [0.2, 0.25) is 0 Å². The van der Waals surface area contributed by atoms with Gasteiger partial charge in [-0.3, -0.25) is 4.98 Å². The Bertz CT molecular complexity index is 961. The van der Waals surface area contributed by atoms with Crippen LogP contribution in [-0.4, -0.2) is 10.1 Å². The van der Waals surface area contributed by atoms with Gasteiger partial charge in [0, 0.05) is 23.7 Å². The lowest BCUT2D eigenvalue weighted by molar-refractivity contribution is 0.237. The molecule has 2 heteroatoms. The Morgan fingerprint density at radius 3 is 2.46 bits per heavy atom. The first-order chi connectivity index (χ1) is 12.5. The van der Waals surface area contributed by atoms with Crippen LogP contribution in [0.5, 0.6) is 0 Å². The Hall–Kier alpha value is -2.89. The molecule has 3 aromatic rings. The van der Waals surface area contributed by atoms with Gasteiger partial charge in [0.05, 0.1) is 5.69 Å². The zero-order valence-electron chi connectivity index (χ0n) is 15.5. The summed E-state index contributed by atoms with van der Waals surface area (Å²) in [5.74, 6) is 6.11. The molecule has 0 spiro atoms. The summed E-state index contributed by atoms with van der Waals surface area (Å²) >= 11 is 0. The Morgan fingerprint density at radius 2 is 1.69 bits per heavy atom. The summed E-state index contributed by atoms with van der Waals surface area (Å²) in [5.41, 5.74) is 7.26. The van der Waals surface area contributed by atoms with Gasteiger partial charge in [-0.15, -0.1) is 0 Å². The standard InChI is InChI=1S/C24H23NO/c1-17-7-10-20(11-8-17)16-23-22(5-4-14-25-23)24(26)13-12-21-15-18(2)6-9-19(21)3/h4-11,14-15,24,26H,16H2,1-3H3. The monoisotopic (exact) mass is 341 g/mol. The molecule has 2 aromatic carbocycles. The summed E-state index contributed by atoms with van der Waals surface area (Å²) in [6.45, 7) is 6.15. The van der Waals surface area contributed by atoms with E-state index in [4.69, 9.17) is 0 Å². The highest BCUT2D eigenvalue weighted by Crippen LogP contribution is 2.19. The minimum absolute atomic E-state index is 0.679. The van der Waals surface area contributed by atoms with E-state index in [2.05, 4.69) is 60.1 Å². The first-order valence-corrected chi connectivity index (χ1v) is 8.79. The maximum absolute atomic E-state index is 10.6. The third-order valence-corrected chi connectivity index (χ3v) is 4.45. The van der Waals surface area contributed by atoms with Gasteiger partial charge in [0.15, 0.2) is 0 Å². The predicted octanol–water partition coefficient (Wildman–Crippen LogP) is 4.68. The lowest BCUT2D eigenvalue weighted by Crippen LogP contribution is -2.03. The second-order valence-corrected chi connectivity index (χ2v) is 6.69. The maximum atomic E-state index is 10.6. The van der Waals surface area contributed by atoms with Crippen molar-refractivity contribution in [3.63, 3.8) is 0 Å². The zero-order valence-corrected chi connectivity index (χ0v) is 15.5. The minimum Gasteiger partial charge on any atom is -0.376 e. The highest BCUT2D eigenvalue weighted by molar-refractivity contribution is 5.44. The summed E-state index contributed by atoms with van der Waals surface area (Å²) in [6.07, 6.45) is 1.58. The third-order valence-electron chi connectivity index (χ3n) is 4.45. The molecule has 1 aromatic heterocycles. The molecule has 1 atom stereocenters. The number of pyridine rings is 1. The number of aromatic nitrogens is 1. The number of hydrogen-bond donors (Lipinski definition) is 1. The van der Waals surface area contributed by atoms with E-state index < -0.39 is 6.10 Å². The molecule has 130 valence electrons. The highest BCUT2D eigenvalue weighted by atomic mass is 16.3. The Kier molecular flexibility index (Phi) is 5.51. The minimum atomic E-state index is -0.857. The molecular formula is C24H23NO. The Morgan fingerprint density at radius 1 is 0.962 bits per heavy atom. The number of aliphatic hydroxyl groups is 1. The third kappa shape index (κ3) is 4.39. The molecule has 1 N–H and O–H groups in total. The lowest BCUT2D eigenvalue weighted by Gasteiger charge is -2.10. The normalized spacial score (nSPS) is 11.5. The van der Waals surface area contributed by atoms with Crippen molar-refractivity contribution < 1.29 is 5.11 Å². The zero-order chi connectivity index (χ0) is 18.5. The average molecular weight is 341 g/mol. The average Bonchev–Trinajstić information content (AvgIpc) is 2.64.